The van der Waals surface area contributed by atoms with Crippen LogP contribution in [0.25, 0.3) is 10.9 Å². The molecule has 0 fully saturated rings. The summed E-state index contributed by atoms with van der Waals surface area (Å²) in [7, 11) is 0.0688. The second-order valence-electron chi connectivity index (χ2n) is 6.14. The van der Waals surface area contributed by atoms with Crippen molar-refractivity contribution in [1.82, 2.24) is 9.04 Å². The number of carbonyl (C=O) groups is 1. The van der Waals surface area contributed by atoms with Gasteiger partial charge in [-0.3, -0.25) is 9.63 Å². The Labute approximate surface area is 168 Å². The average Bonchev–Trinajstić information content (AvgIpc) is 3.05. The van der Waals surface area contributed by atoms with Crippen molar-refractivity contribution >= 4 is 38.4 Å². The molecule has 0 saturated heterocycles. The predicted octanol–water partition coefficient (Wildman–Crippen LogP) is 3.48. The maximum atomic E-state index is 13.4. The van der Waals surface area contributed by atoms with Crippen LogP contribution in [0.4, 0.5) is 0 Å². The Bertz CT molecular complexity index is 1150. The molecule has 0 aliphatic rings. The Kier molecular flexibility index (Phi) is 5.38. The van der Waals surface area contributed by atoms with E-state index in [2.05, 4.69) is 0 Å². The molecule has 1 heterocycles. The standard InChI is InChI=1S/C19H19ClN2O5S/c1-12-5-7-14(8-6-12)28(24,25)22-16-11-18(26-3)15(20)9-13(16)10-17(22)19(23)21(2)27-4/h5-11H,1-4H3. The minimum absolute atomic E-state index is 0.0543. The first kappa shape index (κ1) is 20.2. The summed E-state index contributed by atoms with van der Waals surface area (Å²) in [4.78, 5) is 17.8. The number of hydroxylamine groups is 2. The van der Waals surface area contributed by atoms with Crippen LogP contribution < -0.4 is 4.74 Å². The molecule has 0 aliphatic heterocycles. The summed E-state index contributed by atoms with van der Waals surface area (Å²) >= 11 is 6.18. The Hall–Kier alpha value is -2.55. The molecule has 1 aromatic heterocycles. The van der Waals surface area contributed by atoms with Crippen molar-refractivity contribution in [3.63, 3.8) is 0 Å². The number of carbonyl (C=O) groups excluding carboxylic acids is 1. The number of nitrogens with zero attached hydrogens (tertiary/aromatic N) is 2. The highest BCUT2D eigenvalue weighted by atomic mass is 35.5. The molecule has 3 aromatic rings. The number of benzene rings is 2. The smallest absolute Gasteiger partial charge is 0.294 e. The second kappa shape index (κ2) is 7.46. The van der Waals surface area contributed by atoms with Crippen LogP contribution in [0.5, 0.6) is 5.75 Å². The Morgan fingerprint density at radius 1 is 1.11 bits per heavy atom. The van der Waals surface area contributed by atoms with E-state index in [0.717, 1.165) is 14.6 Å². The van der Waals surface area contributed by atoms with Gasteiger partial charge in [-0.05, 0) is 31.2 Å². The molecule has 9 heteroatoms. The zero-order valence-electron chi connectivity index (χ0n) is 15.8. The molecule has 0 unspecified atom stereocenters. The molecule has 28 heavy (non-hydrogen) atoms. The van der Waals surface area contributed by atoms with Crippen molar-refractivity contribution in [2.45, 2.75) is 11.8 Å². The van der Waals surface area contributed by atoms with Crippen LogP contribution in [-0.4, -0.2) is 44.6 Å². The summed E-state index contributed by atoms with van der Waals surface area (Å²) in [5.41, 5.74) is 1.11. The first-order valence-corrected chi connectivity index (χ1v) is 10.1. The number of aromatic nitrogens is 1. The minimum atomic E-state index is -4.08. The summed E-state index contributed by atoms with van der Waals surface area (Å²) < 4.78 is 33.0. The molecule has 0 N–H and O–H groups in total. The van der Waals surface area contributed by atoms with Gasteiger partial charge in [0, 0.05) is 18.5 Å². The number of rotatable bonds is 5. The highest BCUT2D eigenvalue weighted by Gasteiger charge is 2.29. The number of aryl methyl sites for hydroxylation is 1. The number of methoxy groups -OCH3 is 1. The monoisotopic (exact) mass is 422 g/mol. The number of hydrogen-bond donors (Lipinski definition) is 0. The van der Waals surface area contributed by atoms with Crippen molar-refractivity contribution in [3.8, 4) is 5.75 Å². The highest BCUT2D eigenvalue weighted by molar-refractivity contribution is 7.90. The van der Waals surface area contributed by atoms with Crippen LogP contribution in [0.15, 0.2) is 47.4 Å². The van der Waals surface area contributed by atoms with Crippen LogP contribution in [0.2, 0.25) is 5.02 Å². The maximum Gasteiger partial charge on any atom is 0.294 e. The fourth-order valence-electron chi connectivity index (χ4n) is 2.81. The normalized spacial score (nSPS) is 11.6. The zero-order valence-corrected chi connectivity index (χ0v) is 17.3. The minimum Gasteiger partial charge on any atom is -0.495 e. The van der Waals surface area contributed by atoms with E-state index < -0.39 is 15.9 Å². The van der Waals surface area contributed by atoms with E-state index in [1.54, 1.807) is 18.2 Å². The van der Waals surface area contributed by atoms with E-state index in [-0.39, 0.29) is 16.1 Å². The quantitative estimate of drug-likeness (QED) is 0.588. The molecule has 2 aromatic carbocycles. The molecule has 0 bridgehead atoms. The summed E-state index contributed by atoms with van der Waals surface area (Å²) in [6.45, 7) is 1.86. The third-order valence-electron chi connectivity index (χ3n) is 4.37. The van der Waals surface area contributed by atoms with Gasteiger partial charge in [0.05, 0.1) is 29.7 Å². The predicted molar refractivity (Wildman–Crippen MR) is 106 cm³/mol. The summed E-state index contributed by atoms with van der Waals surface area (Å²) in [5, 5.41) is 1.74. The van der Waals surface area contributed by atoms with E-state index in [4.69, 9.17) is 21.2 Å². The van der Waals surface area contributed by atoms with Gasteiger partial charge >= 0.3 is 0 Å². The summed E-state index contributed by atoms with van der Waals surface area (Å²) in [5.74, 6) is -0.323. The van der Waals surface area contributed by atoms with Crippen molar-refractivity contribution in [3.05, 3.63) is 58.7 Å². The van der Waals surface area contributed by atoms with Crippen LogP contribution in [0.3, 0.4) is 0 Å². The average molecular weight is 423 g/mol. The van der Waals surface area contributed by atoms with Gasteiger partial charge in [0.2, 0.25) is 0 Å². The second-order valence-corrected chi connectivity index (χ2v) is 8.34. The van der Waals surface area contributed by atoms with Gasteiger partial charge in [0.25, 0.3) is 15.9 Å². The van der Waals surface area contributed by atoms with Crippen LogP contribution in [-0.2, 0) is 14.9 Å². The molecular weight excluding hydrogens is 404 g/mol. The van der Waals surface area contributed by atoms with E-state index in [1.807, 2.05) is 6.92 Å². The lowest BCUT2D eigenvalue weighted by Crippen LogP contribution is -2.29. The van der Waals surface area contributed by atoms with Crippen molar-refractivity contribution in [2.75, 3.05) is 21.3 Å². The molecule has 0 saturated carbocycles. The molecule has 3 rings (SSSR count). The number of fused-ring (bicyclic) bond motifs is 1. The van der Waals surface area contributed by atoms with E-state index in [1.165, 1.54) is 45.5 Å². The van der Waals surface area contributed by atoms with Crippen molar-refractivity contribution in [2.24, 2.45) is 0 Å². The molecular formula is C19H19ClN2O5S. The number of ether oxygens (including phenoxy) is 1. The fourth-order valence-corrected chi connectivity index (χ4v) is 4.56. The van der Waals surface area contributed by atoms with Gasteiger partial charge < -0.3 is 4.74 Å². The molecule has 0 spiro atoms. The van der Waals surface area contributed by atoms with E-state index >= 15 is 0 Å². The maximum absolute atomic E-state index is 13.4. The lowest BCUT2D eigenvalue weighted by atomic mass is 10.2. The molecule has 0 aliphatic carbocycles. The van der Waals surface area contributed by atoms with E-state index in [9.17, 15) is 13.2 Å². The summed E-state index contributed by atoms with van der Waals surface area (Å²) in [6.07, 6.45) is 0. The summed E-state index contributed by atoms with van der Waals surface area (Å²) in [6, 6.07) is 10.9. The van der Waals surface area contributed by atoms with Gasteiger partial charge in [-0.1, -0.05) is 29.3 Å². The lowest BCUT2D eigenvalue weighted by Gasteiger charge is -2.16. The Morgan fingerprint density at radius 2 is 1.75 bits per heavy atom. The van der Waals surface area contributed by atoms with Crippen molar-refractivity contribution < 1.29 is 22.8 Å². The van der Waals surface area contributed by atoms with Crippen LogP contribution >= 0.6 is 11.6 Å². The topological polar surface area (TPSA) is 77.8 Å². The van der Waals surface area contributed by atoms with Gasteiger partial charge in [0.15, 0.2) is 0 Å². The van der Waals surface area contributed by atoms with Gasteiger partial charge in [-0.15, -0.1) is 0 Å². The largest absolute Gasteiger partial charge is 0.495 e. The molecule has 0 radical (unpaired) electrons. The lowest BCUT2D eigenvalue weighted by molar-refractivity contribution is -0.0760. The van der Waals surface area contributed by atoms with Gasteiger partial charge in [0.1, 0.15) is 11.4 Å². The number of amides is 1. The Morgan fingerprint density at radius 3 is 2.32 bits per heavy atom. The SMILES string of the molecule is COc1cc2c(cc1Cl)cc(C(=O)N(C)OC)n2S(=O)(=O)c1ccc(C)cc1. The fraction of sp³-hybridized carbons (Fsp3) is 0.211. The Balaban J connectivity index is 2.37. The van der Waals surface area contributed by atoms with Gasteiger partial charge in [-0.2, -0.15) is 0 Å². The third kappa shape index (κ3) is 3.34. The first-order chi connectivity index (χ1) is 13.2. The number of halogens is 1. The number of hydrogen-bond acceptors (Lipinski definition) is 5. The van der Waals surface area contributed by atoms with Gasteiger partial charge in [-0.25, -0.2) is 17.5 Å². The van der Waals surface area contributed by atoms with Crippen LogP contribution in [0, 0.1) is 6.92 Å². The molecule has 148 valence electrons. The molecule has 1 amide bonds. The first-order valence-electron chi connectivity index (χ1n) is 8.24. The van der Waals surface area contributed by atoms with E-state index in [0.29, 0.717) is 16.2 Å². The van der Waals surface area contributed by atoms with Crippen LogP contribution in [0.1, 0.15) is 16.1 Å². The molecule has 7 nitrogen and oxygen atoms in total. The third-order valence-corrected chi connectivity index (χ3v) is 6.41. The molecule has 0 atom stereocenters. The highest BCUT2D eigenvalue weighted by Crippen LogP contribution is 2.34. The zero-order chi connectivity index (χ0) is 20.6. The van der Waals surface area contributed by atoms with Crippen molar-refractivity contribution in [1.29, 1.82) is 0 Å².